The molecule has 0 bridgehead atoms. The number of hydrogen-bond acceptors (Lipinski definition) is 3. The van der Waals surface area contributed by atoms with Crippen molar-refractivity contribution in [2.24, 2.45) is 10.1 Å². The summed E-state index contributed by atoms with van der Waals surface area (Å²) in [6, 6.07) is 0.247. The summed E-state index contributed by atoms with van der Waals surface area (Å²) in [6.45, 7) is 6.80. The van der Waals surface area contributed by atoms with Crippen molar-refractivity contribution >= 4 is 16.0 Å². The summed E-state index contributed by atoms with van der Waals surface area (Å²) < 4.78 is 21.3. The lowest BCUT2D eigenvalue weighted by Gasteiger charge is -2.13. The van der Waals surface area contributed by atoms with Gasteiger partial charge in [0.05, 0.1) is 12.3 Å². The average molecular weight is 236 g/mol. The van der Waals surface area contributed by atoms with E-state index in [0.29, 0.717) is 5.96 Å². The number of hydrogen-bond donors (Lipinski definition) is 3. The largest absolute Gasteiger partial charge is 0.357 e. The minimum absolute atomic E-state index is 0.137. The minimum atomic E-state index is -3.43. The minimum Gasteiger partial charge on any atom is -0.357 e. The highest BCUT2D eigenvalue weighted by Gasteiger charge is 2.03. The third-order valence-corrected chi connectivity index (χ3v) is 2.17. The molecule has 0 atom stereocenters. The maximum atomic E-state index is 10.7. The van der Waals surface area contributed by atoms with Gasteiger partial charge < -0.3 is 10.6 Å². The van der Waals surface area contributed by atoms with Crippen LogP contribution in [0, 0.1) is 0 Å². The van der Waals surface area contributed by atoms with Crippen molar-refractivity contribution < 1.29 is 8.42 Å². The lowest BCUT2D eigenvalue weighted by molar-refractivity contribution is 0.597. The molecule has 7 heteroatoms. The van der Waals surface area contributed by atoms with Crippen molar-refractivity contribution in [1.29, 1.82) is 0 Å². The highest BCUT2D eigenvalue weighted by atomic mass is 32.2. The zero-order valence-corrected chi connectivity index (χ0v) is 10.3. The first-order valence-electron chi connectivity index (χ1n) is 4.90. The van der Waals surface area contributed by atoms with Crippen LogP contribution >= 0.6 is 0 Å². The van der Waals surface area contributed by atoms with Crippen LogP contribution in [-0.4, -0.2) is 39.3 Å². The number of nitrogens with zero attached hydrogens (tertiary/aromatic N) is 1. The third-order valence-electron chi connectivity index (χ3n) is 1.42. The Labute approximate surface area is 91.4 Å². The fraction of sp³-hybridized carbons (Fsp3) is 0.875. The van der Waals surface area contributed by atoms with Gasteiger partial charge in [0.2, 0.25) is 10.0 Å². The standard InChI is InChI=1S/C8H20N4O2S/c1-4-10-8(12-7(2)3)11-5-6-15(9,13)14/h7H,4-6H2,1-3H3,(H2,9,13,14)(H2,10,11,12). The Morgan fingerprint density at radius 3 is 2.47 bits per heavy atom. The zero-order chi connectivity index (χ0) is 11.9. The first-order valence-corrected chi connectivity index (χ1v) is 6.62. The molecular weight excluding hydrogens is 216 g/mol. The van der Waals surface area contributed by atoms with E-state index >= 15 is 0 Å². The molecule has 90 valence electrons. The van der Waals surface area contributed by atoms with Crippen LogP contribution < -0.4 is 15.8 Å². The quantitative estimate of drug-likeness (QED) is 0.432. The molecule has 0 aliphatic heterocycles. The first-order chi connectivity index (χ1) is 6.85. The monoisotopic (exact) mass is 236 g/mol. The van der Waals surface area contributed by atoms with Gasteiger partial charge in [0, 0.05) is 12.6 Å². The van der Waals surface area contributed by atoms with Crippen molar-refractivity contribution in [3.63, 3.8) is 0 Å². The Morgan fingerprint density at radius 2 is 2.07 bits per heavy atom. The van der Waals surface area contributed by atoms with Crippen molar-refractivity contribution in [2.75, 3.05) is 18.8 Å². The summed E-state index contributed by atoms with van der Waals surface area (Å²) in [4.78, 5) is 4.07. The average Bonchev–Trinajstić information content (AvgIpc) is 2.00. The fourth-order valence-electron chi connectivity index (χ4n) is 0.878. The van der Waals surface area contributed by atoms with E-state index in [4.69, 9.17) is 5.14 Å². The molecule has 0 heterocycles. The maximum Gasteiger partial charge on any atom is 0.210 e. The summed E-state index contributed by atoms with van der Waals surface area (Å²) in [5.41, 5.74) is 0. The number of aliphatic imine (C=N–C) groups is 1. The molecule has 0 saturated carbocycles. The second-order valence-corrected chi connectivity index (χ2v) is 5.16. The SMILES string of the molecule is CCNC(=NCCS(N)(=O)=O)NC(C)C. The van der Waals surface area contributed by atoms with E-state index in [1.807, 2.05) is 20.8 Å². The molecule has 0 aromatic rings. The Morgan fingerprint density at radius 1 is 1.47 bits per heavy atom. The predicted octanol–water partition coefficient (Wildman–Crippen LogP) is -0.762. The van der Waals surface area contributed by atoms with Gasteiger partial charge in [-0.1, -0.05) is 0 Å². The molecule has 0 aliphatic carbocycles. The van der Waals surface area contributed by atoms with Gasteiger partial charge in [-0.05, 0) is 20.8 Å². The Kier molecular flexibility index (Phi) is 6.26. The highest BCUT2D eigenvalue weighted by molar-refractivity contribution is 7.89. The van der Waals surface area contributed by atoms with Gasteiger partial charge >= 0.3 is 0 Å². The van der Waals surface area contributed by atoms with Crippen molar-refractivity contribution in [1.82, 2.24) is 10.6 Å². The summed E-state index contributed by atoms with van der Waals surface area (Å²) in [5, 5.41) is 10.9. The Balaban J connectivity index is 4.17. The highest BCUT2D eigenvalue weighted by Crippen LogP contribution is 1.82. The normalized spacial score (nSPS) is 13.0. The molecule has 0 spiro atoms. The van der Waals surface area contributed by atoms with Gasteiger partial charge in [0.25, 0.3) is 0 Å². The van der Waals surface area contributed by atoms with Gasteiger partial charge in [-0.2, -0.15) is 0 Å². The second kappa shape index (κ2) is 6.62. The first kappa shape index (κ1) is 14.2. The van der Waals surface area contributed by atoms with Crippen LogP contribution in [0.25, 0.3) is 0 Å². The molecule has 6 nitrogen and oxygen atoms in total. The molecule has 0 fully saturated rings. The molecule has 0 unspecified atom stereocenters. The number of nitrogens with two attached hydrogens (primary N) is 1. The lowest BCUT2D eigenvalue weighted by atomic mass is 10.4. The molecule has 0 amide bonds. The third kappa shape index (κ3) is 9.48. The summed E-state index contributed by atoms with van der Waals surface area (Å²) >= 11 is 0. The van der Waals surface area contributed by atoms with E-state index in [0.717, 1.165) is 6.54 Å². The lowest BCUT2D eigenvalue weighted by Crippen LogP contribution is -2.41. The summed E-state index contributed by atoms with van der Waals surface area (Å²) in [7, 11) is -3.43. The molecular formula is C8H20N4O2S. The zero-order valence-electron chi connectivity index (χ0n) is 9.45. The Bertz CT molecular complexity index is 298. The van der Waals surface area contributed by atoms with Gasteiger partial charge in [-0.3, -0.25) is 4.99 Å². The Hall–Kier alpha value is -0.820. The number of nitrogens with one attached hydrogen (secondary N) is 2. The van der Waals surface area contributed by atoms with E-state index in [1.165, 1.54) is 0 Å². The number of guanidine groups is 1. The molecule has 0 aromatic heterocycles. The van der Waals surface area contributed by atoms with Gasteiger partial charge in [0.1, 0.15) is 0 Å². The molecule has 0 saturated heterocycles. The van der Waals surface area contributed by atoms with Crippen LogP contribution in [0.4, 0.5) is 0 Å². The second-order valence-electron chi connectivity index (χ2n) is 3.43. The predicted molar refractivity (Wildman–Crippen MR) is 62.2 cm³/mol. The molecule has 0 radical (unpaired) electrons. The van der Waals surface area contributed by atoms with Crippen LogP contribution in [0.15, 0.2) is 4.99 Å². The smallest absolute Gasteiger partial charge is 0.210 e. The van der Waals surface area contributed by atoms with Crippen molar-refractivity contribution in [3.8, 4) is 0 Å². The summed E-state index contributed by atoms with van der Waals surface area (Å²) in [5.74, 6) is 0.470. The van der Waals surface area contributed by atoms with E-state index in [1.54, 1.807) is 0 Å². The van der Waals surface area contributed by atoms with E-state index < -0.39 is 10.0 Å². The number of sulfonamides is 1. The topological polar surface area (TPSA) is 96.6 Å². The van der Waals surface area contributed by atoms with E-state index in [2.05, 4.69) is 15.6 Å². The van der Waals surface area contributed by atoms with Crippen LogP contribution in [0.5, 0.6) is 0 Å². The molecule has 0 aromatic carbocycles. The molecule has 0 rings (SSSR count). The van der Waals surface area contributed by atoms with Gasteiger partial charge in [-0.25, -0.2) is 13.6 Å². The van der Waals surface area contributed by atoms with Crippen LogP contribution in [0.1, 0.15) is 20.8 Å². The van der Waals surface area contributed by atoms with E-state index in [-0.39, 0.29) is 18.3 Å². The molecule has 4 N–H and O–H groups in total. The number of rotatable bonds is 5. The van der Waals surface area contributed by atoms with Crippen LogP contribution in [0.2, 0.25) is 0 Å². The maximum absolute atomic E-state index is 10.7. The van der Waals surface area contributed by atoms with Crippen molar-refractivity contribution in [2.45, 2.75) is 26.8 Å². The number of primary sulfonamides is 1. The van der Waals surface area contributed by atoms with Gasteiger partial charge in [-0.15, -0.1) is 0 Å². The van der Waals surface area contributed by atoms with Crippen LogP contribution in [-0.2, 0) is 10.0 Å². The van der Waals surface area contributed by atoms with Crippen molar-refractivity contribution in [3.05, 3.63) is 0 Å². The van der Waals surface area contributed by atoms with Gasteiger partial charge in [0.15, 0.2) is 5.96 Å². The van der Waals surface area contributed by atoms with Crippen LogP contribution in [0.3, 0.4) is 0 Å². The fourth-order valence-corrected chi connectivity index (χ4v) is 1.22. The van der Waals surface area contributed by atoms with E-state index in [9.17, 15) is 8.42 Å². The molecule has 0 aliphatic rings. The summed E-state index contributed by atoms with van der Waals surface area (Å²) in [6.07, 6.45) is 0. The molecule has 15 heavy (non-hydrogen) atoms.